The average Bonchev–Trinajstić information content (AvgIpc) is 3.04. The molecule has 146 valence electrons. The molecule has 0 aliphatic carbocycles. The number of benzene rings is 1. The fraction of sp³-hybridized carbons (Fsp3) is 0.333. The minimum absolute atomic E-state index is 0.0847. The third-order valence-electron chi connectivity index (χ3n) is 4.52. The number of nitrogens with one attached hydrogen (secondary N) is 1. The number of rotatable bonds is 3. The number of nitrogens with zero attached hydrogens (tertiary/aromatic N) is 3. The number of nitriles is 1. The number of allylic oxidation sites excluding steroid dienone is 1. The summed E-state index contributed by atoms with van der Waals surface area (Å²) >= 11 is 0. The fourth-order valence-electron chi connectivity index (χ4n) is 3.23. The summed E-state index contributed by atoms with van der Waals surface area (Å²) in [6.07, 6.45) is 0. The molecule has 0 saturated heterocycles. The van der Waals surface area contributed by atoms with E-state index in [1.165, 1.54) is 19.2 Å². The molecule has 28 heavy (non-hydrogen) atoms. The van der Waals surface area contributed by atoms with E-state index in [4.69, 9.17) is 15.2 Å². The van der Waals surface area contributed by atoms with Crippen molar-refractivity contribution in [2.45, 2.75) is 32.1 Å². The smallest absolute Gasteiger partial charge is 0.314 e. The van der Waals surface area contributed by atoms with Crippen LogP contribution in [0.15, 0.2) is 23.6 Å². The lowest BCUT2D eigenvalue weighted by Crippen LogP contribution is -2.24. The Labute approximate surface area is 160 Å². The molecule has 0 amide bonds. The van der Waals surface area contributed by atoms with E-state index in [9.17, 15) is 20.5 Å². The Morgan fingerprint density at radius 3 is 2.68 bits per heavy atom. The highest BCUT2D eigenvalue weighted by Crippen LogP contribution is 2.48. The summed E-state index contributed by atoms with van der Waals surface area (Å²) in [7, 11) is 1.28. The van der Waals surface area contributed by atoms with Crippen molar-refractivity contribution in [3.05, 3.63) is 50.5 Å². The van der Waals surface area contributed by atoms with Crippen molar-refractivity contribution < 1.29 is 19.5 Å². The Hall–Kier alpha value is -3.74. The second-order valence-electron chi connectivity index (χ2n) is 7.34. The first-order chi connectivity index (χ1) is 13.1. The Morgan fingerprint density at radius 1 is 1.46 bits per heavy atom. The number of nitro groups is 1. The van der Waals surface area contributed by atoms with Gasteiger partial charge in [0.05, 0.1) is 23.5 Å². The maximum absolute atomic E-state index is 11.4. The van der Waals surface area contributed by atoms with Gasteiger partial charge in [-0.2, -0.15) is 5.26 Å². The lowest BCUT2D eigenvalue weighted by Gasteiger charge is -2.27. The van der Waals surface area contributed by atoms with Gasteiger partial charge in [-0.1, -0.05) is 20.8 Å². The summed E-state index contributed by atoms with van der Waals surface area (Å²) in [6.45, 7) is 5.85. The predicted molar refractivity (Wildman–Crippen MR) is 97.9 cm³/mol. The molecule has 0 bridgehead atoms. The second-order valence-corrected chi connectivity index (χ2v) is 7.34. The third-order valence-corrected chi connectivity index (χ3v) is 4.52. The van der Waals surface area contributed by atoms with E-state index < -0.39 is 22.3 Å². The molecule has 10 heteroatoms. The monoisotopic (exact) mass is 385 g/mol. The van der Waals surface area contributed by atoms with Crippen molar-refractivity contribution in [2.75, 3.05) is 7.11 Å². The minimum Gasteiger partial charge on any atom is -0.500 e. The Kier molecular flexibility index (Phi) is 4.39. The number of aromatic hydroxyl groups is 1. The number of H-pyrrole nitrogens is 1. The summed E-state index contributed by atoms with van der Waals surface area (Å²) in [6, 6.07) is 4.66. The predicted octanol–water partition coefficient (Wildman–Crippen LogP) is 2.55. The van der Waals surface area contributed by atoms with Crippen LogP contribution in [0.25, 0.3) is 0 Å². The van der Waals surface area contributed by atoms with Gasteiger partial charge in [0, 0.05) is 17.2 Å². The quantitative estimate of drug-likeness (QED) is 0.536. The van der Waals surface area contributed by atoms with Crippen LogP contribution in [-0.2, 0) is 5.41 Å². The SMILES string of the molecule is COc1cc(C2C(C#N)=C(N)Oc3n[nH]c(C(C)(C)C)c32)cc([N+](=O)[O-])c1O. The van der Waals surface area contributed by atoms with Gasteiger partial charge in [0.1, 0.15) is 11.6 Å². The highest BCUT2D eigenvalue weighted by atomic mass is 16.6. The number of nitrogens with two attached hydrogens (primary N) is 1. The topological polar surface area (TPSA) is 160 Å². The molecular formula is C18H19N5O5. The molecule has 1 unspecified atom stereocenters. The van der Waals surface area contributed by atoms with Crippen molar-refractivity contribution in [3.63, 3.8) is 0 Å². The number of fused-ring (bicyclic) bond motifs is 1. The van der Waals surface area contributed by atoms with Gasteiger partial charge in [0.2, 0.25) is 17.5 Å². The molecule has 1 aliphatic rings. The van der Waals surface area contributed by atoms with Crippen LogP contribution in [0.5, 0.6) is 17.4 Å². The number of ether oxygens (including phenoxy) is 2. The van der Waals surface area contributed by atoms with E-state index in [-0.39, 0.29) is 28.5 Å². The zero-order chi connectivity index (χ0) is 20.8. The van der Waals surface area contributed by atoms with Crippen LogP contribution in [0, 0.1) is 21.4 Å². The third kappa shape index (κ3) is 2.87. The van der Waals surface area contributed by atoms with Gasteiger partial charge in [-0.15, -0.1) is 5.10 Å². The van der Waals surface area contributed by atoms with Gasteiger partial charge in [-0.25, -0.2) is 0 Å². The van der Waals surface area contributed by atoms with E-state index in [2.05, 4.69) is 10.2 Å². The highest BCUT2D eigenvalue weighted by molar-refractivity contribution is 5.63. The highest BCUT2D eigenvalue weighted by Gasteiger charge is 2.39. The molecule has 3 rings (SSSR count). The van der Waals surface area contributed by atoms with Crippen LogP contribution in [0.2, 0.25) is 0 Å². The van der Waals surface area contributed by atoms with Crippen LogP contribution < -0.4 is 15.2 Å². The molecule has 1 aromatic carbocycles. The van der Waals surface area contributed by atoms with Crippen molar-refractivity contribution in [3.8, 4) is 23.4 Å². The van der Waals surface area contributed by atoms with Crippen molar-refractivity contribution in [2.24, 2.45) is 5.73 Å². The summed E-state index contributed by atoms with van der Waals surface area (Å²) in [5, 5.41) is 38.3. The second kappa shape index (κ2) is 6.45. The van der Waals surface area contributed by atoms with Crippen molar-refractivity contribution in [1.82, 2.24) is 10.2 Å². The number of phenolic OH excluding ortho intramolecular Hbond substituents is 1. The number of methoxy groups -OCH3 is 1. The average molecular weight is 385 g/mol. The largest absolute Gasteiger partial charge is 0.500 e. The Morgan fingerprint density at radius 2 is 2.14 bits per heavy atom. The molecule has 10 nitrogen and oxygen atoms in total. The number of aromatic amines is 1. The molecule has 1 aliphatic heterocycles. The molecule has 0 radical (unpaired) electrons. The number of hydrogen-bond acceptors (Lipinski definition) is 8. The Balaban J connectivity index is 2.35. The van der Waals surface area contributed by atoms with Gasteiger partial charge in [0.15, 0.2) is 5.75 Å². The summed E-state index contributed by atoms with van der Waals surface area (Å²) in [4.78, 5) is 10.7. The summed E-state index contributed by atoms with van der Waals surface area (Å²) in [5.74, 6) is -1.41. The zero-order valence-electron chi connectivity index (χ0n) is 15.7. The van der Waals surface area contributed by atoms with Crippen LogP contribution >= 0.6 is 0 Å². The van der Waals surface area contributed by atoms with E-state index >= 15 is 0 Å². The maximum atomic E-state index is 11.4. The fourth-order valence-corrected chi connectivity index (χ4v) is 3.23. The molecular weight excluding hydrogens is 366 g/mol. The van der Waals surface area contributed by atoms with Crippen molar-refractivity contribution in [1.29, 1.82) is 5.26 Å². The number of aromatic nitrogens is 2. The van der Waals surface area contributed by atoms with E-state index in [1.807, 2.05) is 26.8 Å². The maximum Gasteiger partial charge on any atom is 0.314 e. The van der Waals surface area contributed by atoms with E-state index in [1.54, 1.807) is 0 Å². The van der Waals surface area contributed by atoms with E-state index in [0.717, 1.165) is 0 Å². The van der Waals surface area contributed by atoms with Gasteiger partial charge >= 0.3 is 5.69 Å². The molecule has 1 aromatic heterocycles. The summed E-state index contributed by atoms with van der Waals surface area (Å²) < 4.78 is 10.6. The van der Waals surface area contributed by atoms with Gasteiger partial charge in [-0.3, -0.25) is 15.2 Å². The van der Waals surface area contributed by atoms with Crippen molar-refractivity contribution >= 4 is 5.69 Å². The van der Waals surface area contributed by atoms with Gasteiger partial charge < -0.3 is 20.3 Å². The molecule has 2 heterocycles. The first-order valence-electron chi connectivity index (χ1n) is 8.31. The standard InChI is InChI=1S/C18H19N5O5/c1-18(2,3)15-13-12(9(7-19)16(20)28-17(13)22-21-15)8-5-10(23(25)26)14(24)11(6-8)27-4/h5-6,12,24H,20H2,1-4H3,(H,21,22). The van der Waals surface area contributed by atoms with Crippen LogP contribution in [-0.4, -0.2) is 27.3 Å². The van der Waals surface area contributed by atoms with E-state index in [0.29, 0.717) is 16.8 Å². The molecule has 1 atom stereocenters. The van der Waals surface area contributed by atoms with Gasteiger partial charge in [-0.05, 0) is 11.6 Å². The molecule has 4 N–H and O–H groups in total. The molecule has 2 aromatic rings. The molecule has 0 spiro atoms. The lowest BCUT2D eigenvalue weighted by atomic mass is 9.78. The summed E-state index contributed by atoms with van der Waals surface area (Å²) in [5.41, 5.74) is 6.67. The zero-order valence-corrected chi connectivity index (χ0v) is 15.7. The number of nitro benzene ring substituents is 1. The number of hydrogen-bond donors (Lipinski definition) is 3. The van der Waals surface area contributed by atoms with Crippen LogP contribution in [0.1, 0.15) is 43.5 Å². The first kappa shape index (κ1) is 19.0. The molecule has 0 fully saturated rings. The lowest BCUT2D eigenvalue weighted by molar-refractivity contribution is -0.386. The normalized spacial score (nSPS) is 16.2. The minimum atomic E-state index is -0.782. The van der Waals surface area contributed by atoms with Gasteiger partial charge in [0.25, 0.3) is 0 Å². The van der Waals surface area contributed by atoms with Crippen LogP contribution in [0.3, 0.4) is 0 Å². The first-order valence-corrected chi connectivity index (χ1v) is 8.31. The van der Waals surface area contributed by atoms with Crippen LogP contribution in [0.4, 0.5) is 5.69 Å². The Bertz CT molecular complexity index is 1040. The number of phenols is 1. The molecule has 0 saturated carbocycles.